The van der Waals surface area contributed by atoms with E-state index in [2.05, 4.69) is 24.8 Å². The second-order valence-electron chi connectivity index (χ2n) is 5.43. The van der Waals surface area contributed by atoms with E-state index in [0.29, 0.717) is 13.2 Å². The smallest absolute Gasteiger partial charge is 0.152 e. The maximum Gasteiger partial charge on any atom is 0.152 e. The Morgan fingerprint density at radius 2 is 2.00 bits per heavy atom. The van der Waals surface area contributed by atoms with E-state index in [1.54, 1.807) is 18.6 Å². The van der Waals surface area contributed by atoms with Crippen LogP contribution in [0, 0.1) is 6.92 Å². The summed E-state index contributed by atoms with van der Waals surface area (Å²) in [7, 11) is 3.92. The molecule has 1 atom stereocenters. The fraction of sp³-hybridized carbons (Fsp3) is 0.467. The van der Waals surface area contributed by atoms with Gasteiger partial charge in [0.05, 0.1) is 13.2 Å². The van der Waals surface area contributed by atoms with Gasteiger partial charge in [-0.25, -0.2) is 15.0 Å². The Hall–Kier alpha value is -2.28. The summed E-state index contributed by atoms with van der Waals surface area (Å²) in [5, 5.41) is 0. The van der Waals surface area contributed by atoms with Crippen LogP contribution >= 0.6 is 0 Å². The summed E-state index contributed by atoms with van der Waals surface area (Å²) < 4.78 is 5.92. The van der Waals surface area contributed by atoms with Crippen molar-refractivity contribution in [3.8, 4) is 0 Å². The number of ether oxygens (including phenoxy) is 1. The van der Waals surface area contributed by atoms with Crippen molar-refractivity contribution in [2.75, 3.05) is 43.6 Å². The number of morpholine rings is 1. The van der Waals surface area contributed by atoms with Gasteiger partial charge in [-0.05, 0) is 13.0 Å². The van der Waals surface area contributed by atoms with Gasteiger partial charge in [-0.1, -0.05) is 0 Å². The van der Waals surface area contributed by atoms with Gasteiger partial charge in [0.2, 0.25) is 0 Å². The Labute approximate surface area is 130 Å². The van der Waals surface area contributed by atoms with Crippen molar-refractivity contribution in [2.45, 2.75) is 13.0 Å². The minimum Gasteiger partial charge on any atom is -0.368 e. The summed E-state index contributed by atoms with van der Waals surface area (Å²) in [6.45, 7) is 4.05. The van der Waals surface area contributed by atoms with Crippen molar-refractivity contribution in [1.82, 2.24) is 19.9 Å². The molecule has 1 aliphatic rings. The van der Waals surface area contributed by atoms with Crippen LogP contribution in [-0.2, 0) is 4.74 Å². The maximum atomic E-state index is 5.92. The van der Waals surface area contributed by atoms with Crippen molar-refractivity contribution in [3.63, 3.8) is 0 Å². The van der Waals surface area contributed by atoms with Crippen LogP contribution in [0.4, 0.5) is 11.6 Å². The lowest BCUT2D eigenvalue weighted by Crippen LogP contribution is -2.39. The van der Waals surface area contributed by atoms with Gasteiger partial charge < -0.3 is 14.5 Å². The minimum absolute atomic E-state index is 0.116. The molecule has 3 rings (SSSR count). The minimum atomic E-state index is -0.116. The highest BCUT2D eigenvalue weighted by Gasteiger charge is 2.27. The van der Waals surface area contributed by atoms with Crippen molar-refractivity contribution in [3.05, 3.63) is 36.2 Å². The number of hydrogen-bond donors (Lipinski definition) is 0. The van der Waals surface area contributed by atoms with Crippen LogP contribution in [-0.4, -0.2) is 53.7 Å². The SMILES string of the molecule is Cc1nccc(N2CCOC(c3nccnc3N(C)C)C2)n1. The molecule has 0 radical (unpaired) electrons. The predicted molar refractivity (Wildman–Crippen MR) is 84.0 cm³/mol. The van der Waals surface area contributed by atoms with E-state index in [1.165, 1.54) is 0 Å². The Balaban J connectivity index is 1.85. The third-order valence-corrected chi connectivity index (χ3v) is 3.59. The molecular weight excluding hydrogens is 280 g/mol. The van der Waals surface area contributed by atoms with E-state index in [4.69, 9.17) is 4.74 Å². The molecule has 7 heteroatoms. The number of aromatic nitrogens is 4. The molecule has 1 aliphatic heterocycles. The van der Waals surface area contributed by atoms with Gasteiger partial charge >= 0.3 is 0 Å². The number of anilines is 2. The van der Waals surface area contributed by atoms with Gasteiger partial charge in [0.1, 0.15) is 23.4 Å². The zero-order valence-corrected chi connectivity index (χ0v) is 13.1. The molecule has 0 saturated carbocycles. The summed E-state index contributed by atoms with van der Waals surface area (Å²) in [6, 6.07) is 1.93. The first-order valence-electron chi connectivity index (χ1n) is 7.29. The van der Waals surface area contributed by atoms with E-state index in [9.17, 15) is 0 Å². The van der Waals surface area contributed by atoms with Crippen molar-refractivity contribution in [1.29, 1.82) is 0 Å². The lowest BCUT2D eigenvalue weighted by atomic mass is 10.2. The zero-order chi connectivity index (χ0) is 15.5. The molecule has 0 aromatic carbocycles. The van der Waals surface area contributed by atoms with Crippen molar-refractivity contribution in [2.24, 2.45) is 0 Å². The topological polar surface area (TPSA) is 67.3 Å². The van der Waals surface area contributed by atoms with Crippen LogP contribution in [0.5, 0.6) is 0 Å². The summed E-state index contributed by atoms with van der Waals surface area (Å²) in [5.41, 5.74) is 0.864. The summed E-state index contributed by atoms with van der Waals surface area (Å²) in [5.74, 6) is 2.54. The highest BCUT2D eigenvalue weighted by molar-refractivity contribution is 5.45. The average molecular weight is 300 g/mol. The van der Waals surface area contributed by atoms with Crippen molar-refractivity contribution < 1.29 is 4.74 Å². The normalized spacial score (nSPS) is 18.3. The molecule has 0 bridgehead atoms. The van der Waals surface area contributed by atoms with E-state index < -0.39 is 0 Å². The van der Waals surface area contributed by atoms with E-state index in [-0.39, 0.29) is 6.10 Å². The molecule has 1 unspecified atom stereocenters. The fourth-order valence-corrected chi connectivity index (χ4v) is 2.56. The number of aryl methyl sites for hydroxylation is 1. The molecule has 7 nitrogen and oxygen atoms in total. The molecule has 2 aromatic heterocycles. The lowest BCUT2D eigenvalue weighted by Gasteiger charge is -2.34. The average Bonchev–Trinajstić information content (AvgIpc) is 2.55. The molecule has 3 heterocycles. The van der Waals surface area contributed by atoms with Crippen LogP contribution in [0.15, 0.2) is 24.7 Å². The molecule has 0 amide bonds. The van der Waals surface area contributed by atoms with Crippen LogP contribution < -0.4 is 9.80 Å². The molecule has 1 saturated heterocycles. The maximum absolute atomic E-state index is 5.92. The van der Waals surface area contributed by atoms with E-state index >= 15 is 0 Å². The first-order valence-corrected chi connectivity index (χ1v) is 7.29. The van der Waals surface area contributed by atoms with E-state index in [0.717, 1.165) is 29.7 Å². The first kappa shape index (κ1) is 14.6. The Morgan fingerprint density at radius 3 is 2.77 bits per heavy atom. The van der Waals surface area contributed by atoms with Crippen LogP contribution in [0.1, 0.15) is 17.6 Å². The molecule has 2 aromatic rings. The quantitative estimate of drug-likeness (QED) is 0.844. The van der Waals surface area contributed by atoms with E-state index in [1.807, 2.05) is 32.0 Å². The molecule has 116 valence electrons. The molecule has 22 heavy (non-hydrogen) atoms. The standard InChI is InChI=1S/C15H20N6O/c1-11-16-5-4-13(19-11)21-8-9-22-12(10-21)14-15(20(2)3)18-7-6-17-14/h4-7,12H,8-10H2,1-3H3. The number of rotatable bonds is 3. The van der Waals surface area contributed by atoms with Crippen LogP contribution in [0.3, 0.4) is 0 Å². The number of hydrogen-bond acceptors (Lipinski definition) is 7. The molecule has 1 fully saturated rings. The highest BCUT2D eigenvalue weighted by Crippen LogP contribution is 2.28. The Kier molecular flexibility index (Phi) is 4.15. The van der Waals surface area contributed by atoms with Crippen LogP contribution in [0.2, 0.25) is 0 Å². The zero-order valence-electron chi connectivity index (χ0n) is 13.1. The predicted octanol–water partition coefficient (Wildman–Crippen LogP) is 1.22. The largest absolute Gasteiger partial charge is 0.368 e. The fourth-order valence-electron chi connectivity index (χ4n) is 2.56. The second-order valence-corrected chi connectivity index (χ2v) is 5.43. The monoisotopic (exact) mass is 300 g/mol. The summed E-state index contributed by atoms with van der Waals surface area (Å²) in [6.07, 6.45) is 5.08. The van der Waals surface area contributed by atoms with Gasteiger partial charge in [-0.2, -0.15) is 0 Å². The Morgan fingerprint density at radius 1 is 1.18 bits per heavy atom. The van der Waals surface area contributed by atoms with Gasteiger partial charge in [-0.3, -0.25) is 4.98 Å². The second kappa shape index (κ2) is 6.23. The molecule has 0 spiro atoms. The van der Waals surface area contributed by atoms with Gasteiger partial charge in [0.15, 0.2) is 5.82 Å². The molecular formula is C15H20N6O. The summed E-state index contributed by atoms with van der Waals surface area (Å²) in [4.78, 5) is 21.7. The third-order valence-electron chi connectivity index (χ3n) is 3.59. The lowest BCUT2D eigenvalue weighted by molar-refractivity contribution is 0.0369. The molecule has 0 N–H and O–H groups in total. The van der Waals surface area contributed by atoms with Crippen LogP contribution in [0.25, 0.3) is 0 Å². The van der Waals surface area contributed by atoms with Crippen molar-refractivity contribution >= 4 is 11.6 Å². The third kappa shape index (κ3) is 2.99. The van der Waals surface area contributed by atoms with Gasteiger partial charge in [0.25, 0.3) is 0 Å². The van der Waals surface area contributed by atoms with Gasteiger partial charge in [0, 0.05) is 39.2 Å². The summed E-state index contributed by atoms with van der Waals surface area (Å²) >= 11 is 0. The van der Waals surface area contributed by atoms with Gasteiger partial charge in [-0.15, -0.1) is 0 Å². The Bertz CT molecular complexity index is 647. The highest BCUT2D eigenvalue weighted by atomic mass is 16.5. The first-order chi connectivity index (χ1) is 10.6. The molecule has 0 aliphatic carbocycles. The number of nitrogens with zero attached hydrogens (tertiary/aromatic N) is 6.